The third-order valence-corrected chi connectivity index (χ3v) is 3.45. The van der Waals surface area contributed by atoms with Crippen molar-refractivity contribution in [3.05, 3.63) is 62.4 Å². The topological polar surface area (TPSA) is 134 Å². The van der Waals surface area contributed by atoms with E-state index in [1.807, 2.05) is 0 Å². The molecule has 11 heteroatoms. The molecule has 0 bridgehead atoms. The number of halogens is 1. The van der Waals surface area contributed by atoms with Crippen molar-refractivity contribution in [2.24, 2.45) is 0 Å². The second kappa shape index (κ2) is 8.08. The van der Waals surface area contributed by atoms with Gasteiger partial charge in [0.1, 0.15) is 5.75 Å². The van der Waals surface area contributed by atoms with Gasteiger partial charge in [0.05, 0.1) is 23.0 Å². The zero-order valence-electron chi connectivity index (χ0n) is 14.2. The average molecular weight is 379 g/mol. The van der Waals surface area contributed by atoms with Crippen LogP contribution in [0.2, 0.25) is 0 Å². The van der Waals surface area contributed by atoms with E-state index in [-0.39, 0.29) is 17.2 Å². The Labute approximate surface area is 151 Å². The molecule has 0 aromatic heterocycles. The van der Waals surface area contributed by atoms with Gasteiger partial charge in [0.15, 0.2) is 11.9 Å². The van der Waals surface area contributed by atoms with E-state index >= 15 is 0 Å². The SMILES string of the molecule is COc1ccc(O[C@H](C)C(=O)Nc2ccc(F)c([N+](=O)[O-])c2)c([N+](=O)[O-])c1. The van der Waals surface area contributed by atoms with E-state index in [9.17, 15) is 29.4 Å². The highest BCUT2D eigenvalue weighted by molar-refractivity contribution is 5.94. The van der Waals surface area contributed by atoms with Crippen LogP contribution in [-0.2, 0) is 4.79 Å². The molecule has 1 atom stereocenters. The van der Waals surface area contributed by atoms with E-state index in [1.165, 1.54) is 26.2 Å². The van der Waals surface area contributed by atoms with Crippen LogP contribution in [0.5, 0.6) is 11.5 Å². The molecule has 0 radical (unpaired) electrons. The van der Waals surface area contributed by atoms with Gasteiger partial charge in [0.2, 0.25) is 5.82 Å². The molecule has 0 aliphatic heterocycles. The van der Waals surface area contributed by atoms with Crippen LogP contribution < -0.4 is 14.8 Å². The molecule has 0 saturated heterocycles. The monoisotopic (exact) mass is 379 g/mol. The summed E-state index contributed by atoms with van der Waals surface area (Å²) in [5.41, 5.74) is -1.22. The Morgan fingerprint density at radius 2 is 1.78 bits per heavy atom. The van der Waals surface area contributed by atoms with Crippen LogP contribution in [-0.4, -0.2) is 29.0 Å². The lowest BCUT2D eigenvalue weighted by Gasteiger charge is -2.15. The Morgan fingerprint density at radius 3 is 2.37 bits per heavy atom. The zero-order valence-corrected chi connectivity index (χ0v) is 14.2. The Balaban J connectivity index is 2.16. The minimum atomic E-state index is -1.18. The van der Waals surface area contributed by atoms with E-state index in [4.69, 9.17) is 9.47 Å². The number of rotatable bonds is 7. The lowest BCUT2D eigenvalue weighted by atomic mass is 10.2. The first kappa shape index (κ1) is 19.6. The highest BCUT2D eigenvalue weighted by Crippen LogP contribution is 2.32. The first-order valence-electron chi connectivity index (χ1n) is 7.46. The van der Waals surface area contributed by atoms with E-state index in [0.29, 0.717) is 0 Å². The largest absolute Gasteiger partial charge is 0.496 e. The molecule has 142 valence electrons. The van der Waals surface area contributed by atoms with Gasteiger partial charge < -0.3 is 14.8 Å². The van der Waals surface area contributed by atoms with E-state index in [1.54, 1.807) is 0 Å². The minimum absolute atomic E-state index is 0.0206. The van der Waals surface area contributed by atoms with Gasteiger partial charge in [-0.3, -0.25) is 25.0 Å². The Bertz CT molecular complexity index is 904. The van der Waals surface area contributed by atoms with Gasteiger partial charge in [-0.2, -0.15) is 4.39 Å². The summed E-state index contributed by atoms with van der Waals surface area (Å²) < 4.78 is 23.6. The third kappa shape index (κ3) is 4.66. The fourth-order valence-corrected chi connectivity index (χ4v) is 2.08. The van der Waals surface area contributed by atoms with Crippen molar-refractivity contribution in [3.8, 4) is 11.5 Å². The molecule has 10 nitrogen and oxygen atoms in total. The lowest BCUT2D eigenvalue weighted by Crippen LogP contribution is -2.30. The van der Waals surface area contributed by atoms with Gasteiger partial charge in [-0.25, -0.2) is 0 Å². The van der Waals surface area contributed by atoms with Crippen molar-refractivity contribution >= 4 is 23.0 Å². The number of carbonyl (C=O) groups excluding carboxylic acids is 1. The molecule has 2 rings (SSSR count). The first-order valence-corrected chi connectivity index (χ1v) is 7.46. The number of ether oxygens (including phenoxy) is 2. The van der Waals surface area contributed by atoms with Crippen molar-refractivity contribution < 1.29 is 28.5 Å². The molecule has 0 spiro atoms. The molecule has 1 amide bonds. The summed E-state index contributed by atoms with van der Waals surface area (Å²) in [7, 11) is 1.34. The van der Waals surface area contributed by atoms with Gasteiger partial charge in [-0.1, -0.05) is 0 Å². The van der Waals surface area contributed by atoms with E-state index in [0.717, 1.165) is 24.3 Å². The van der Waals surface area contributed by atoms with Crippen LogP contribution in [0.1, 0.15) is 6.92 Å². The van der Waals surface area contributed by atoms with Crippen LogP contribution in [0.15, 0.2) is 36.4 Å². The maximum atomic E-state index is 13.3. The Kier molecular flexibility index (Phi) is 5.85. The second-order valence-corrected chi connectivity index (χ2v) is 5.26. The molecule has 0 unspecified atom stereocenters. The number of nitro benzene ring substituents is 2. The van der Waals surface area contributed by atoms with Crippen LogP contribution in [0.25, 0.3) is 0 Å². The molecular weight excluding hydrogens is 365 g/mol. The summed E-state index contributed by atoms with van der Waals surface area (Å²) in [6, 6.07) is 6.69. The maximum Gasteiger partial charge on any atom is 0.314 e. The number of hydrogen-bond acceptors (Lipinski definition) is 7. The summed E-state index contributed by atoms with van der Waals surface area (Å²) in [6.07, 6.45) is -1.18. The lowest BCUT2D eigenvalue weighted by molar-refractivity contribution is -0.387. The number of carbonyl (C=O) groups is 1. The minimum Gasteiger partial charge on any atom is -0.496 e. The van der Waals surface area contributed by atoms with Gasteiger partial charge >= 0.3 is 11.4 Å². The van der Waals surface area contributed by atoms with Crippen molar-refractivity contribution in [2.75, 3.05) is 12.4 Å². The number of nitrogens with zero attached hydrogens (tertiary/aromatic N) is 2. The van der Waals surface area contributed by atoms with Crippen molar-refractivity contribution in [1.82, 2.24) is 0 Å². The van der Waals surface area contributed by atoms with E-state index in [2.05, 4.69) is 5.32 Å². The highest BCUT2D eigenvalue weighted by Gasteiger charge is 2.23. The van der Waals surface area contributed by atoms with Crippen molar-refractivity contribution in [2.45, 2.75) is 13.0 Å². The van der Waals surface area contributed by atoms with Crippen LogP contribution >= 0.6 is 0 Å². The molecule has 0 saturated carbocycles. The van der Waals surface area contributed by atoms with Gasteiger partial charge in [-0.05, 0) is 31.2 Å². The molecular formula is C16H14FN3O7. The number of anilines is 1. The molecule has 27 heavy (non-hydrogen) atoms. The number of benzene rings is 2. The fourth-order valence-electron chi connectivity index (χ4n) is 2.08. The molecule has 2 aromatic rings. The number of hydrogen-bond donors (Lipinski definition) is 1. The Morgan fingerprint density at radius 1 is 1.11 bits per heavy atom. The first-order chi connectivity index (χ1) is 12.7. The summed E-state index contributed by atoms with van der Waals surface area (Å²) in [5, 5.41) is 24.2. The second-order valence-electron chi connectivity index (χ2n) is 5.26. The number of nitro groups is 2. The molecule has 0 aliphatic carbocycles. The van der Waals surface area contributed by atoms with Gasteiger partial charge in [0.25, 0.3) is 5.91 Å². The van der Waals surface area contributed by atoms with Gasteiger partial charge in [-0.15, -0.1) is 0 Å². The average Bonchev–Trinajstić information content (AvgIpc) is 2.63. The maximum absolute atomic E-state index is 13.3. The summed E-state index contributed by atoms with van der Waals surface area (Å²) >= 11 is 0. The summed E-state index contributed by atoms with van der Waals surface area (Å²) in [4.78, 5) is 32.5. The van der Waals surface area contributed by atoms with Crippen LogP contribution in [0.4, 0.5) is 21.5 Å². The zero-order chi connectivity index (χ0) is 20.1. The quantitative estimate of drug-likeness (QED) is 0.577. The molecule has 1 N–H and O–H groups in total. The molecule has 0 heterocycles. The number of nitrogens with one attached hydrogen (secondary N) is 1. The normalized spacial score (nSPS) is 11.4. The smallest absolute Gasteiger partial charge is 0.314 e. The van der Waals surface area contributed by atoms with Crippen LogP contribution in [0.3, 0.4) is 0 Å². The fraction of sp³-hybridized carbons (Fsp3) is 0.188. The van der Waals surface area contributed by atoms with Crippen LogP contribution in [0, 0.1) is 26.0 Å². The predicted molar refractivity (Wildman–Crippen MR) is 91.4 cm³/mol. The molecule has 0 aliphatic rings. The van der Waals surface area contributed by atoms with Crippen molar-refractivity contribution in [3.63, 3.8) is 0 Å². The summed E-state index contributed by atoms with van der Waals surface area (Å²) in [5.74, 6) is -1.70. The predicted octanol–water partition coefficient (Wildman–Crippen LogP) is 3.06. The van der Waals surface area contributed by atoms with E-state index < -0.39 is 39.0 Å². The number of amides is 1. The van der Waals surface area contributed by atoms with Gasteiger partial charge in [0, 0.05) is 11.8 Å². The standard InChI is InChI=1S/C16H14FN3O7/c1-9(27-15-6-4-11(26-2)8-14(15)20(24)25)16(21)18-10-3-5-12(17)13(7-10)19(22)23/h3-9H,1-2H3,(H,18,21)/t9-/m1/s1. The molecule has 2 aromatic carbocycles. The highest BCUT2D eigenvalue weighted by atomic mass is 19.1. The Hall–Kier alpha value is -3.76. The molecule has 0 fully saturated rings. The van der Waals surface area contributed by atoms with Crippen molar-refractivity contribution in [1.29, 1.82) is 0 Å². The third-order valence-electron chi connectivity index (χ3n) is 3.45. The number of methoxy groups -OCH3 is 1. The summed E-state index contributed by atoms with van der Waals surface area (Å²) in [6.45, 7) is 1.33.